The lowest BCUT2D eigenvalue weighted by atomic mass is 10.4. The molecule has 3 rings (SSSR count). The molecule has 2 aromatic rings. The zero-order valence-electron chi connectivity index (χ0n) is 11.8. The van der Waals surface area contributed by atoms with Gasteiger partial charge < -0.3 is 10.1 Å². The summed E-state index contributed by atoms with van der Waals surface area (Å²) in [5.74, 6) is 3.43. The van der Waals surface area contributed by atoms with E-state index in [9.17, 15) is 0 Å². The zero-order valence-corrected chi connectivity index (χ0v) is 11.8. The van der Waals surface area contributed by atoms with E-state index < -0.39 is 0 Å². The fourth-order valence-corrected chi connectivity index (χ4v) is 2.02. The van der Waals surface area contributed by atoms with Crippen molar-refractivity contribution in [1.29, 1.82) is 0 Å². The molecule has 20 heavy (non-hydrogen) atoms. The smallest absolute Gasteiger partial charge is 0.224 e. The van der Waals surface area contributed by atoms with E-state index in [1.165, 1.54) is 12.8 Å². The Morgan fingerprint density at radius 2 is 2.25 bits per heavy atom. The highest BCUT2D eigenvalue weighted by Crippen LogP contribution is 2.39. The maximum atomic E-state index is 5.79. The van der Waals surface area contributed by atoms with Gasteiger partial charge in [0.2, 0.25) is 5.88 Å². The Labute approximate surface area is 118 Å². The molecule has 1 aliphatic rings. The fraction of sp³-hybridized carbons (Fsp3) is 0.500. The Balaban J connectivity index is 1.79. The van der Waals surface area contributed by atoms with Gasteiger partial charge in [-0.2, -0.15) is 10.1 Å². The predicted molar refractivity (Wildman–Crippen MR) is 76.1 cm³/mol. The number of rotatable bonds is 6. The van der Waals surface area contributed by atoms with Gasteiger partial charge in [0.05, 0.1) is 12.4 Å². The van der Waals surface area contributed by atoms with E-state index in [0.29, 0.717) is 17.5 Å². The Bertz CT molecular complexity index is 591. The second-order valence-corrected chi connectivity index (χ2v) is 5.02. The molecule has 0 bridgehead atoms. The van der Waals surface area contributed by atoms with Gasteiger partial charge in [0, 0.05) is 25.6 Å². The van der Waals surface area contributed by atoms with Crippen LogP contribution in [0, 0.1) is 0 Å². The maximum absolute atomic E-state index is 5.79. The van der Waals surface area contributed by atoms with Gasteiger partial charge in [-0.05, 0) is 19.3 Å². The third kappa shape index (κ3) is 2.89. The second-order valence-electron chi connectivity index (χ2n) is 5.02. The van der Waals surface area contributed by atoms with Gasteiger partial charge in [-0.15, -0.1) is 0 Å². The minimum atomic E-state index is 0.494. The minimum Gasteiger partial charge on any atom is -0.436 e. The van der Waals surface area contributed by atoms with Crippen LogP contribution in [0.2, 0.25) is 0 Å². The van der Waals surface area contributed by atoms with Crippen LogP contribution in [-0.4, -0.2) is 26.8 Å². The van der Waals surface area contributed by atoms with Gasteiger partial charge in [0.1, 0.15) is 11.6 Å². The van der Waals surface area contributed by atoms with Crippen LogP contribution >= 0.6 is 0 Å². The average Bonchev–Trinajstić information content (AvgIpc) is 3.22. The van der Waals surface area contributed by atoms with E-state index >= 15 is 0 Å². The number of aryl methyl sites for hydroxylation is 1. The van der Waals surface area contributed by atoms with Crippen LogP contribution in [0.1, 0.15) is 37.9 Å². The van der Waals surface area contributed by atoms with E-state index in [-0.39, 0.29) is 0 Å². The highest BCUT2D eigenvalue weighted by atomic mass is 16.5. The fourth-order valence-electron chi connectivity index (χ4n) is 2.02. The van der Waals surface area contributed by atoms with Crippen LogP contribution in [-0.2, 0) is 6.54 Å². The summed E-state index contributed by atoms with van der Waals surface area (Å²) in [6, 6.07) is 1.81. The number of hydrogen-bond acceptors (Lipinski definition) is 5. The summed E-state index contributed by atoms with van der Waals surface area (Å²) in [4.78, 5) is 8.95. The van der Waals surface area contributed by atoms with Crippen LogP contribution in [0.5, 0.6) is 11.6 Å². The molecule has 0 unspecified atom stereocenters. The molecule has 0 spiro atoms. The van der Waals surface area contributed by atoms with Crippen molar-refractivity contribution in [2.24, 2.45) is 0 Å². The van der Waals surface area contributed by atoms with Crippen LogP contribution in [0.15, 0.2) is 18.5 Å². The lowest BCUT2D eigenvalue weighted by Gasteiger charge is -2.07. The summed E-state index contributed by atoms with van der Waals surface area (Å²) < 4.78 is 7.66. The number of hydrogen-bond donors (Lipinski definition) is 1. The molecular formula is C14H19N5O. The summed E-state index contributed by atoms with van der Waals surface area (Å²) in [5, 5.41) is 7.30. The Morgan fingerprint density at radius 1 is 1.40 bits per heavy atom. The van der Waals surface area contributed by atoms with Gasteiger partial charge in [-0.1, -0.05) is 6.92 Å². The third-order valence-electron chi connectivity index (χ3n) is 3.20. The molecule has 2 aromatic heterocycles. The lowest BCUT2D eigenvalue weighted by molar-refractivity contribution is 0.457. The first kappa shape index (κ1) is 12.9. The molecule has 0 atom stereocenters. The van der Waals surface area contributed by atoms with E-state index in [1.807, 2.05) is 24.0 Å². The molecule has 1 fully saturated rings. The molecule has 106 valence electrons. The van der Waals surface area contributed by atoms with Crippen molar-refractivity contribution in [1.82, 2.24) is 19.7 Å². The lowest BCUT2D eigenvalue weighted by Crippen LogP contribution is -2.00. The maximum Gasteiger partial charge on any atom is 0.224 e. The highest BCUT2D eigenvalue weighted by Gasteiger charge is 2.27. The van der Waals surface area contributed by atoms with Crippen LogP contribution in [0.25, 0.3) is 0 Å². The van der Waals surface area contributed by atoms with Crippen molar-refractivity contribution in [3.63, 3.8) is 0 Å². The van der Waals surface area contributed by atoms with Crippen LogP contribution in [0.3, 0.4) is 0 Å². The van der Waals surface area contributed by atoms with Gasteiger partial charge in [-0.25, -0.2) is 4.98 Å². The Kier molecular flexibility index (Phi) is 3.54. The van der Waals surface area contributed by atoms with Gasteiger partial charge in [0.15, 0.2) is 5.75 Å². The van der Waals surface area contributed by atoms with E-state index in [2.05, 4.69) is 27.3 Å². The van der Waals surface area contributed by atoms with Gasteiger partial charge in [0.25, 0.3) is 0 Å². The van der Waals surface area contributed by atoms with Gasteiger partial charge >= 0.3 is 0 Å². The molecular weight excluding hydrogens is 254 g/mol. The van der Waals surface area contributed by atoms with Crippen molar-refractivity contribution in [2.45, 2.75) is 38.6 Å². The minimum absolute atomic E-state index is 0.494. The molecule has 6 heteroatoms. The Hall–Kier alpha value is -2.11. The first-order chi connectivity index (χ1) is 9.78. The Morgan fingerprint density at radius 3 is 2.95 bits per heavy atom. The third-order valence-corrected chi connectivity index (χ3v) is 3.20. The number of nitrogens with zero attached hydrogens (tertiary/aromatic N) is 4. The quantitative estimate of drug-likeness (QED) is 0.876. The van der Waals surface area contributed by atoms with Crippen molar-refractivity contribution in [3.05, 3.63) is 24.3 Å². The summed E-state index contributed by atoms with van der Waals surface area (Å²) in [6.45, 7) is 3.01. The molecule has 0 aliphatic heterocycles. The predicted octanol–water partition coefficient (Wildman–Crippen LogP) is 2.79. The van der Waals surface area contributed by atoms with Crippen LogP contribution in [0.4, 0.5) is 5.82 Å². The van der Waals surface area contributed by atoms with Gasteiger partial charge in [-0.3, -0.25) is 4.68 Å². The summed E-state index contributed by atoms with van der Waals surface area (Å²) in [7, 11) is 1.85. The molecule has 0 radical (unpaired) electrons. The molecule has 2 heterocycles. The summed E-state index contributed by atoms with van der Waals surface area (Å²) in [6.07, 6.45) is 6.99. The number of ether oxygens (including phenoxy) is 1. The van der Waals surface area contributed by atoms with Crippen molar-refractivity contribution < 1.29 is 4.74 Å². The first-order valence-corrected chi connectivity index (χ1v) is 7.05. The molecule has 0 amide bonds. The van der Waals surface area contributed by atoms with Crippen molar-refractivity contribution in [3.8, 4) is 11.6 Å². The largest absolute Gasteiger partial charge is 0.436 e. The van der Waals surface area contributed by atoms with E-state index in [0.717, 1.165) is 24.6 Å². The second kappa shape index (κ2) is 5.48. The normalized spacial score (nSPS) is 14.3. The SMILES string of the molecule is CCCn1cc(Oc2cc(NC)nc(C3CC3)n2)cn1. The topological polar surface area (TPSA) is 64.9 Å². The van der Waals surface area contributed by atoms with Crippen molar-refractivity contribution in [2.75, 3.05) is 12.4 Å². The molecule has 0 aromatic carbocycles. The summed E-state index contributed by atoms with van der Waals surface area (Å²) in [5.41, 5.74) is 0. The number of anilines is 1. The number of nitrogens with one attached hydrogen (secondary N) is 1. The van der Waals surface area contributed by atoms with Crippen molar-refractivity contribution >= 4 is 5.82 Å². The average molecular weight is 273 g/mol. The molecule has 1 N–H and O–H groups in total. The number of aromatic nitrogens is 4. The highest BCUT2D eigenvalue weighted by molar-refractivity contribution is 5.39. The molecule has 0 saturated heterocycles. The monoisotopic (exact) mass is 273 g/mol. The molecule has 1 saturated carbocycles. The van der Waals surface area contributed by atoms with Crippen LogP contribution < -0.4 is 10.1 Å². The van der Waals surface area contributed by atoms with E-state index in [4.69, 9.17) is 4.74 Å². The van der Waals surface area contributed by atoms with E-state index in [1.54, 1.807) is 6.20 Å². The molecule has 6 nitrogen and oxygen atoms in total. The standard InChI is InChI=1S/C14H19N5O/c1-3-6-19-9-11(8-16-19)20-13-7-12(15-2)17-14(18-13)10-4-5-10/h7-10H,3-6H2,1-2H3,(H,15,17,18). The zero-order chi connectivity index (χ0) is 13.9. The molecule has 1 aliphatic carbocycles. The first-order valence-electron chi connectivity index (χ1n) is 7.05. The summed E-state index contributed by atoms with van der Waals surface area (Å²) >= 11 is 0.